The van der Waals surface area contributed by atoms with Gasteiger partial charge in [0.2, 0.25) is 0 Å². The number of morpholine rings is 1. The maximum atomic E-state index is 12.6. The molecule has 172 valence electrons. The number of thioether (sulfide) groups is 1. The molecule has 0 spiro atoms. The molecule has 2 aliphatic heterocycles. The van der Waals surface area contributed by atoms with Gasteiger partial charge in [-0.05, 0) is 30.2 Å². The average Bonchev–Trinajstić information content (AvgIpc) is 3.05. The molecule has 0 unspecified atom stereocenters. The molecule has 1 aromatic carbocycles. The Morgan fingerprint density at radius 1 is 1.28 bits per heavy atom. The molecule has 0 bridgehead atoms. The van der Waals surface area contributed by atoms with Crippen molar-refractivity contribution in [3.63, 3.8) is 0 Å². The summed E-state index contributed by atoms with van der Waals surface area (Å²) in [5.74, 6) is -0.420. The van der Waals surface area contributed by atoms with E-state index in [0.29, 0.717) is 59.0 Å². The molecule has 2 heterocycles. The van der Waals surface area contributed by atoms with Crippen LogP contribution in [0.2, 0.25) is 0 Å². The van der Waals surface area contributed by atoms with Crippen molar-refractivity contribution in [2.24, 2.45) is 0 Å². The Hall–Kier alpha value is -2.63. The Kier molecular flexibility index (Phi) is 8.48. The van der Waals surface area contributed by atoms with Crippen LogP contribution in [-0.2, 0) is 19.1 Å². The monoisotopic (exact) mass is 480 g/mol. The van der Waals surface area contributed by atoms with Crippen LogP contribution in [-0.4, -0.2) is 83.6 Å². The molecule has 0 aliphatic carbocycles. The van der Waals surface area contributed by atoms with Gasteiger partial charge in [0.15, 0.2) is 18.1 Å². The number of carbonyl (C=O) groups excluding carboxylic acids is 2. The van der Waals surface area contributed by atoms with E-state index >= 15 is 0 Å². The number of amides is 2. The average molecular weight is 481 g/mol. The number of hydrogen-bond donors (Lipinski definition) is 1. The summed E-state index contributed by atoms with van der Waals surface area (Å²) < 4.78 is 16.7. The zero-order valence-electron chi connectivity index (χ0n) is 17.6. The number of carboxylic acids is 1. The number of carboxylic acid groups (broad SMARTS) is 1. The molecular formula is C21H24N2O7S2. The molecule has 1 aromatic rings. The first-order chi connectivity index (χ1) is 15.4. The van der Waals surface area contributed by atoms with Crippen LogP contribution in [0.3, 0.4) is 0 Å². The molecule has 11 heteroatoms. The molecule has 2 fully saturated rings. The van der Waals surface area contributed by atoms with Crippen LogP contribution < -0.4 is 9.47 Å². The fourth-order valence-corrected chi connectivity index (χ4v) is 4.48. The normalized spacial score (nSPS) is 17.7. The third-order valence-corrected chi connectivity index (χ3v) is 6.22. The summed E-state index contributed by atoms with van der Waals surface area (Å²) >= 11 is 6.44. The summed E-state index contributed by atoms with van der Waals surface area (Å²) in [6.45, 7) is 2.30. The van der Waals surface area contributed by atoms with E-state index in [1.807, 2.05) is 0 Å². The largest absolute Gasteiger partial charge is 0.493 e. The maximum absolute atomic E-state index is 12.6. The van der Waals surface area contributed by atoms with Gasteiger partial charge in [-0.2, -0.15) is 0 Å². The van der Waals surface area contributed by atoms with E-state index in [-0.39, 0.29) is 31.4 Å². The first-order valence-corrected chi connectivity index (χ1v) is 11.2. The highest BCUT2D eigenvalue weighted by Gasteiger charge is 2.31. The number of aliphatic carboxylic acids is 1. The van der Waals surface area contributed by atoms with Crippen LogP contribution in [0.1, 0.15) is 18.4 Å². The van der Waals surface area contributed by atoms with Gasteiger partial charge in [0, 0.05) is 26.1 Å². The first kappa shape index (κ1) is 24.0. The van der Waals surface area contributed by atoms with Crippen molar-refractivity contribution in [2.45, 2.75) is 12.8 Å². The Balaban J connectivity index is 1.64. The Bertz CT molecular complexity index is 929. The fraction of sp³-hybridized carbons (Fsp3) is 0.429. The highest BCUT2D eigenvalue weighted by molar-refractivity contribution is 8.26. The third kappa shape index (κ3) is 6.21. The minimum Gasteiger partial charge on any atom is -0.493 e. The lowest BCUT2D eigenvalue weighted by Gasteiger charge is -2.26. The summed E-state index contributed by atoms with van der Waals surface area (Å²) in [6.07, 6.45) is 2.00. The lowest BCUT2D eigenvalue weighted by atomic mass is 10.2. The first-order valence-electron chi connectivity index (χ1n) is 10.0. The van der Waals surface area contributed by atoms with Gasteiger partial charge < -0.3 is 24.2 Å². The molecule has 0 saturated carbocycles. The molecule has 2 aliphatic rings. The number of nitrogens with zero attached hydrogens (tertiary/aromatic N) is 2. The Labute approximate surface area is 195 Å². The van der Waals surface area contributed by atoms with Crippen molar-refractivity contribution in [1.82, 2.24) is 9.80 Å². The fourth-order valence-electron chi connectivity index (χ4n) is 3.17. The van der Waals surface area contributed by atoms with E-state index < -0.39 is 5.97 Å². The van der Waals surface area contributed by atoms with Crippen molar-refractivity contribution in [3.05, 3.63) is 28.7 Å². The number of thiocarbonyl (C=S) groups is 1. The van der Waals surface area contributed by atoms with Crippen molar-refractivity contribution in [1.29, 1.82) is 0 Å². The van der Waals surface area contributed by atoms with E-state index in [2.05, 4.69) is 0 Å². The maximum Gasteiger partial charge on any atom is 0.303 e. The smallest absolute Gasteiger partial charge is 0.303 e. The van der Waals surface area contributed by atoms with Crippen LogP contribution in [0.15, 0.2) is 23.1 Å². The lowest BCUT2D eigenvalue weighted by Crippen LogP contribution is -2.43. The van der Waals surface area contributed by atoms with Gasteiger partial charge >= 0.3 is 5.97 Å². The second kappa shape index (κ2) is 11.3. The summed E-state index contributed by atoms with van der Waals surface area (Å²) in [5.41, 5.74) is 0.708. The third-order valence-electron chi connectivity index (χ3n) is 4.85. The predicted molar refractivity (Wildman–Crippen MR) is 123 cm³/mol. The van der Waals surface area contributed by atoms with Gasteiger partial charge in [0.05, 0.1) is 25.2 Å². The quantitative estimate of drug-likeness (QED) is 0.420. The van der Waals surface area contributed by atoms with Gasteiger partial charge in [0.25, 0.3) is 11.8 Å². The minimum atomic E-state index is -0.910. The number of hydrogen-bond acceptors (Lipinski definition) is 8. The zero-order chi connectivity index (χ0) is 23.1. The van der Waals surface area contributed by atoms with E-state index in [9.17, 15) is 14.4 Å². The van der Waals surface area contributed by atoms with E-state index in [1.54, 1.807) is 29.2 Å². The topological polar surface area (TPSA) is 106 Å². The minimum absolute atomic E-state index is 0.0250. The number of carbonyl (C=O) groups is 3. The van der Waals surface area contributed by atoms with E-state index in [0.717, 1.165) is 0 Å². The lowest BCUT2D eigenvalue weighted by molar-refractivity contribution is -0.138. The number of methoxy groups -OCH3 is 1. The summed E-state index contributed by atoms with van der Waals surface area (Å²) in [4.78, 5) is 39.2. The highest BCUT2D eigenvalue weighted by Crippen LogP contribution is 2.35. The summed E-state index contributed by atoms with van der Waals surface area (Å²) in [7, 11) is 1.50. The zero-order valence-corrected chi connectivity index (χ0v) is 19.2. The van der Waals surface area contributed by atoms with E-state index in [1.165, 1.54) is 23.8 Å². The molecule has 0 radical (unpaired) electrons. The number of benzene rings is 1. The Morgan fingerprint density at radius 3 is 2.72 bits per heavy atom. The highest BCUT2D eigenvalue weighted by atomic mass is 32.2. The molecule has 1 N–H and O–H groups in total. The van der Waals surface area contributed by atoms with Crippen molar-refractivity contribution < 1.29 is 33.7 Å². The second-order valence-corrected chi connectivity index (χ2v) is 8.70. The molecule has 0 atom stereocenters. The summed E-state index contributed by atoms with van der Waals surface area (Å²) in [6, 6.07) is 5.16. The van der Waals surface area contributed by atoms with Gasteiger partial charge in [-0.3, -0.25) is 19.3 Å². The molecule has 2 amide bonds. The van der Waals surface area contributed by atoms with Crippen LogP contribution in [0.4, 0.5) is 0 Å². The van der Waals surface area contributed by atoms with Gasteiger partial charge in [0.1, 0.15) is 4.32 Å². The van der Waals surface area contributed by atoms with Gasteiger partial charge in [-0.15, -0.1) is 0 Å². The molecular weight excluding hydrogens is 456 g/mol. The predicted octanol–water partition coefficient (Wildman–Crippen LogP) is 2.00. The molecule has 9 nitrogen and oxygen atoms in total. The second-order valence-electron chi connectivity index (χ2n) is 7.02. The molecule has 2 saturated heterocycles. The SMILES string of the molecule is COc1cc(/C=C2/SC(=S)N(CCCC(=O)O)C2=O)ccc1OCC(=O)N1CCOCC1. The Morgan fingerprint density at radius 2 is 2.03 bits per heavy atom. The molecule has 32 heavy (non-hydrogen) atoms. The molecule has 0 aromatic heterocycles. The van der Waals surface area contributed by atoms with Crippen LogP contribution >= 0.6 is 24.0 Å². The summed E-state index contributed by atoms with van der Waals surface area (Å²) in [5, 5.41) is 8.77. The van der Waals surface area contributed by atoms with Gasteiger partial charge in [-0.1, -0.05) is 30.0 Å². The van der Waals surface area contributed by atoms with Crippen molar-refractivity contribution in [2.75, 3.05) is 46.6 Å². The standard InChI is InChI=1S/C21H24N2O7S2/c1-28-16-11-14(4-5-15(16)30-13-18(24)22-7-9-29-10-8-22)12-17-20(27)23(21(31)32-17)6-2-3-19(25)26/h4-5,11-12H,2-3,6-10,13H2,1H3,(H,25,26)/b17-12+. The van der Waals surface area contributed by atoms with Crippen LogP contribution in [0.25, 0.3) is 6.08 Å². The van der Waals surface area contributed by atoms with Crippen LogP contribution in [0, 0.1) is 0 Å². The molecule has 3 rings (SSSR count). The number of ether oxygens (including phenoxy) is 3. The van der Waals surface area contributed by atoms with Crippen molar-refractivity contribution in [3.8, 4) is 11.5 Å². The van der Waals surface area contributed by atoms with Crippen molar-refractivity contribution >= 4 is 52.2 Å². The van der Waals surface area contributed by atoms with Gasteiger partial charge in [-0.25, -0.2) is 0 Å². The van der Waals surface area contributed by atoms with E-state index in [4.69, 9.17) is 31.5 Å². The number of rotatable bonds is 9. The van der Waals surface area contributed by atoms with Crippen LogP contribution in [0.5, 0.6) is 11.5 Å².